The summed E-state index contributed by atoms with van der Waals surface area (Å²) in [4.78, 5) is 26.4. The molecule has 0 spiro atoms. The van der Waals surface area contributed by atoms with Gasteiger partial charge in [-0.25, -0.2) is 4.79 Å². The molecule has 2 atom stereocenters. The van der Waals surface area contributed by atoms with Crippen LogP contribution in [0.1, 0.15) is 40.0 Å². The van der Waals surface area contributed by atoms with Crippen LogP contribution in [0.3, 0.4) is 0 Å². The van der Waals surface area contributed by atoms with Gasteiger partial charge in [0.25, 0.3) is 5.91 Å². The zero-order valence-corrected chi connectivity index (χ0v) is 17.4. The molecular formula is C20H25Cl2NO4. The maximum Gasteiger partial charge on any atom is 0.344 e. The Morgan fingerprint density at radius 1 is 1.19 bits per heavy atom. The lowest BCUT2D eigenvalue weighted by molar-refractivity contribution is -0.154. The molecule has 1 saturated heterocycles. The Kier molecular flexibility index (Phi) is 5.64. The standard InChI is InChI=1S/C20H25Cl2NO4/c1-19(2)7-14-8-20(3,11-19)12-23(14)17(24)9-27-18(25)10-26-16-5-4-13(21)6-15(16)22/h4-6,14H,7-12H2,1-3H3/t14-,20+/m1/s1. The van der Waals surface area contributed by atoms with Crippen molar-refractivity contribution in [3.05, 3.63) is 28.2 Å². The number of hydrogen-bond acceptors (Lipinski definition) is 4. The van der Waals surface area contributed by atoms with Crippen LogP contribution in [0.15, 0.2) is 18.2 Å². The summed E-state index contributed by atoms with van der Waals surface area (Å²) in [5, 5.41) is 0.791. The predicted molar refractivity (Wildman–Crippen MR) is 104 cm³/mol. The van der Waals surface area contributed by atoms with Gasteiger partial charge in [-0.1, -0.05) is 44.0 Å². The van der Waals surface area contributed by atoms with E-state index in [9.17, 15) is 9.59 Å². The summed E-state index contributed by atoms with van der Waals surface area (Å²) < 4.78 is 10.4. The lowest BCUT2D eigenvalue weighted by atomic mass is 9.65. The van der Waals surface area contributed by atoms with Crippen molar-refractivity contribution < 1.29 is 19.1 Å². The zero-order valence-electron chi connectivity index (χ0n) is 15.9. The topological polar surface area (TPSA) is 55.8 Å². The molecule has 1 aromatic carbocycles. The number of amides is 1. The van der Waals surface area contributed by atoms with Crippen LogP contribution in [0.2, 0.25) is 10.0 Å². The first kappa shape index (κ1) is 20.3. The van der Waals surface area contributed by atoms with Crippen molar-refractivity contribution >= 4 is 35.1 Å². The summed E-state index contributed by atoms with van der Waals surface area (Å²) in [6.45, 7) is 6.90. The highest BCUT2D eigenvalue weighted by atomic mass is 35.5. The van der Waals surface area contributed by atoms with Crippen molar-refractivity contribution in [1.29, 1.82) is 0 Å². The Bertz CT molecular complexity index is 751. The first-order valence-electron chi connectivity index (χ1n) is 9.10. The van der Waals surface area contributed by atoms with Gasteiger partial charge in [0, 0.05) is 17.6 Å². The molecule has 2 aliphatic rings. The highest BCUT2D eigenvalue weighted by Gasteiger charge is 2.50. The first-order chi connectivity index (χ1) is 12.6. The molecule has 27 heavy (non-hydrogen) atoms. The summed E-state index contributed by atoms with van der Waals surface area (Å²) in [5.41, 5.74) is 0.385. The van der Waals surface area contributed by atoms with Gasteiger partial charge in [-0.2, -0.15) is 0 Å². The van der Waals surface area contributed by atoms with Gasteiger partial charge < -0.3 is 14.4 Å². The van der Waals surface area contributed by atoms with E-state index < -0.39 is 5.97 Å². The van der Waals surface area contributed by atoms with Gasteiger partial charge in [0.1, 0.15) is 5.75 Å². The van der Waals surface area contributed by atoms with Gasteiger partial charge in [0.15, 0.2) is 13.2 Å². The van der Waals surface area contributed by atoms with E-state index in [-0.39, 0.29) is 36.0 Å². The number of fused-ring (bicyclic) bond motifs is 2. The minimum atomic E-state index is -0.608. The molecule has 1 amide bonds. The second kappa shape index (κ2) is 7.51. The summed E-state index contributed by atoms with van der Waals surface area (Å²) in [6.07, 6.45) is 3.12. The molecule has 148 valence electrons. The van der Waals surface area contributed by atoms with Crippen molar-refractivity contribution in [2.45, 2.75) is 46.1 Å². The van der Waals surface area contributed by atoms with Gasteiger partial charge in [-0.3, -0.25) is 4.79 Å². The Morgan fingerprint density at radius 2 is 1.93 bits per heavy atom. The number of nitrogens with zero attached hydrogens (tertiary/aromatic N) is 1. The molecule has 5 nitrogen and oxygen atoms in total. The monoisotopic (exact) mass is 413 g/mol. The second-order valence-corrected chi connectivity index (χ2v) is 9.60. The third-order valence-electron chi connectivity index (χ3n) is 5.33. The molecule has 1 heterocycles. The number of rotatable bonds is 5. The average Bonchev–Trinajstić information content (AvgIpc) is 2.80. The molecular weight excluding hydrogens is 389 g/mol. The van der Waals surface area contributed by atoms with Gasteiger partial charge in [-0.15, -0.1) is 0 Å². The van der Waals surface area contributed by atoms with E-state index in [4.69, 9.17) is 32.7 Å². The number of ether oxygens (including phenoxy) is 2. The van der Waals surface area contributed by atoms with Crippen LogP contribution in [0.4, 0.5) is 0 Å². The van der Waals surface area contributed by atoms with E-state index in [1.807, 2.05) is 4.90 Å². The molecule has 3 rings (SSSR count). The maximum absolute atomic E-state index is 12.6. The van der Waals surface area contributed by atoms with Crippen molar-refractivity contribution in [3.63, 3.8) is 0 Å². The lowest BCUT2D eigenvalue weighted by Gasteiger charge is -2.39. The van der Waals surface area contributed by atoms with Gasteiger partial charge in [0.05, 0.1) is 5.02 Å². The Labute approximate surface area is 169 Å². The van der Waals surface area contributed by atoms with Crippen LogP contribution in [-0.2, 0) is 14.3 Å². The molecule has 2 bridgehead atoms. The fourth-order valence-electron chi connectivity index (χ4n) is 4.75. The van der Waals surface area contributed by atoms with E-state index in [2.05, 4.69) is 20.8 Å². The molecule has 0 aromatic heterocycles. The predicted octanol–water partition coefficient (Wildman–Crippen LogP) is 4.34. The Hall–Kier alpha value is -1.46. The van der Waals surface area contributed by atoms with Crippen LogP contribution < -0.4 is 4.74 Å². The van der Waals surface area contributed by atoms with Crippen LogP contribution in [0, 0.1) is 10.8 Å². The molecule has 2 fully saturated rings. The highest BCUT2D eigenvalue weighted by molar-refractivity contribution is 6.35. The number of benzene rings is 1. The average molecular weight is 414 g/mol. The third kappa shape index (κ3) is 4.88. The van der Waals surface area contributed by atoms with Crippen molar-refractivity contribution in [2.24, 2.45) is 10.8 Å². The van der Waals surface area contributed by atoms with Crippen LogP contribution in [-0.4, -0.2) is 42.6 Å². The SMILES string of the molecule is CC1(C)C[C@@H]2C[C@](C)(CN2C(=O)COC(=O)COc2ccc(Cl)cc2Cl)C1. The van der Waals surface area contributed by atoms with Crippen LogP contribution in [0.25, 0.3) is 0 Å². The quantitative estimate of drug-likeness (QED) is 0.673. The number of hydrogen-bond donors (Lipinski definition) is 0. The fourth-order valence-corrected chi connectivity index (χ4v) is 5.21. The van der Waals surface area contributed by atoms with E-state index in [1.165, 1.54) is 6.07 Å². The molecule has 0 radical (unpaired) electrons. The smallest absolute Gasteiger partial charge is 0.344 e. The molecule has 1 aliphatic carbocycles. The molecule has 0 unspecified atom stereocenters. The summed E-state index contributed by atoms with van der Waals surface area (Å²) in [7, 11) is 0. The van der Waals surface area contributed by atoms with Crippen LogP contribution in [0.5, 0.6) is 5.75 Å². The number of carbonyl (C=O) groups is 2. The molecule has 1 saturated carbocycles. The number of esters is 1. The highest BCUT2D eigenvalue weighted by Crippen LogP contribution is 2.52. The van der Waals surface area contributed by atoms with Crippen molar-refractivity contribution in [1.82, 2.24) is 4.90 Å². The minimum Gasteiger partial charge on any atom is -0.480 e. The maximum atomic E-state index is 12.6. The molecule has 1 aromatic rings. The van der Waals surface area contributed by atoms with E-state index in [1.54, 1.807) is 12.1 Å². The second-order valence-electron chi connectivity index (χ2n) is 8.76. The third-order valence-corrected chi connectivity index (χ3v) is 5.86. The molecule has 0 N–H and O–H groups in total. The minimum absolute atomic E-state index is 0.140. The summed E-state index contributed by atoms with van der Waals surface area (Å²) in [5.74, 6) is -0.407. The molecule has 7 heteroatoms. The Balaban J connectivity index is 1.48. The lowest BCUT2D eigenvalue weighted by Crippen LogP contribution is -2.40. The van der Waals surface area contributed by atoms with E-state index in [0.29, 0.717) is 15.8 Å². The largest absolute Gasteiger partial charge is 0.480 e. The van der Waals surface area contributed by atoms with Gasteiger partial charge in [0.2, 0.25) is 0 Å². The summed E-state index contributed by atoms with van der Waals surface area (Å²) in [6, 6.07) is 4.95. The van der Waals surface area contributed by atoms with Crippen molar-refractivity contribution in [2.75, 3.05) is 19.8 Å². The van der Waals surface area contributed by atoms with Gasteiger partial charge in [-0.05, 0) is 48.3 Å². The van der Waals surface area contributed by atoms with Crippen molar-refractivity contribution in [3.8, 4) is 5.75 Å². The van der Waals surface area contributed by atoms with E-state index in [0.717, 1.165) is 25.8 Å². The summed E-state index contributed by atoms with van der Waals surface area (Å²) >= 11 is 11.8. The Morgan fingerprint density at radius 3 is 2.63 bits per heavy atom. The van der Waals surface area contributed by atoms with E-state index >= 15 is 0 Å². The number of likely N-dealkylation sites (tertiary alicyclic amines) is 1. The first-order valence-corrected chi connectivity index (χ1v) is 9.86. The number of halogens is 2. The normalized spacial score (nSPS) is 26.0. The zero-order chi connectivity index (χ0) is 19.8. The van der Waals surface area contributed by atoms with Crippen LogP contribution >= 0.6 is 23.2 Å². The number of carbonyl (C=O) groups excluding carboxylic acids is 2. The molecule has 1 aliphatic heterocycles. The fraction of sp³-hybridized carbons (Fsp3) is 0.600. The van der Waals surface area contributed by atoms with Gasteiger partial charge >= 0.3 is 5.97 Å².